The lowest BCUT2D eigenvalue weighted by molar-refractivity contribution is 0.0945. The molecule has 0 saturated carbocycles. The van der Waals surface area contributed by atoms with Crippen LogP contribution in [0.25, 0.3) is 10.9 Å². The summed E-state index contributed by atoms with van der Waals surface area (Å²) in [6.07, 6.45) is 1.73. The number of amides is 1. The summed E-state index contributed by atoms with van der Waals surface area (Å²) in [5.74, 6) is -0.299. The van der Waals surface area contributed by atoms with Crippen LogP contribution in [0.4, 0.5) is 0 Å². The molecule has 0 bridgehead atoms. The molecule has 0 unspecified atom stereocenters. The van der Waals surface area contributed by atoms with Gasteiger partial charge in [-0.3, -0.25) is 9.78 Å². The van der Waals surface area contributed by atoms with E-state index in [4.69, 9.17) is 11.6 Å². The van der Waals surface area contributed by atoms with Gasteiger partial charge in [0.2, 0.25) is 0 Å². The van der Waals surface area contributed by atoms with Gasteiger partial charge in [0.05, 0.1) is 5.52 Å². The highest BCUT2D eigenvalue weighted by Gasteiger charge is 2.09. The van der Waals surface area contributed by atoms with Gasteiger partial charge in [-0.1, -0.05) is 35.9 Å². The number of pyridine rings is 1. The fraction of sp³-hybridized carbons (Fsp3) is 0.0667. The average molecular weight is 299 g/mol. The topological polar surface area (TPSA) is 67.8 Å². The molecule has 0 saturated heterocycles. The van der Waals surface area contributed by atoms with E-state index >= 15 is 0 Å². The molecule has 0 aliphatic carbocycles. The number of aromatic nitrogens is 3. The van der Waals surface area contributed by atoms with E-state index in [0.717, 1.165) is 16.5 Å². The number of benzene rings is 1. The molecule has 0 aliphatic heterocycles. The SMILES string of the molecule is O=C(NCc1cccc2cccnc12)c1ccc(Cl)nn1. The van der Waals surface area contributed by atoms with E-state index in [2.05, 4.69) is 20.5 Å². The predicted molar refractivity (Wildman–Crippen MR) is 80.0 cm³/mol. The van der Waals surface area contributed by atoms with E-state index in [1.54, 1.807) is 6.20 Å². The lowest BCUT2D eigenvalue weighted by Gasteiger charge is -2.07. The number of para-hydroxylation sites is 1. The fourth-order valence-corrected chi connectivity index (χ4v) is 2.11. The van der Waals surface area contributed by atoms with Crippen LogP contribution in [0.2, 0.25) is 5.15 Å². The van der Waals surface area contributed by atoms with Crippen molar-refractivity contribution in [1.29, 1.82) is 0 Å². The van der Waals surface area contributed by atoms with Gasteiger partial charge in [-0.25, -0.2) is 0 Å². The molecular weight excluding hydrogens is 288 g/mol. The first-order chi connectivity index (χ1) is 10.2. The Labute approximate surface area is 126 Å². The minimum absolute atomic E-state index is 0.229. The quantitative estimate of drug-likeness (QED) is 0.807. The summed E-state index contributed by atoms with van der Waals surface area (Å²) in [4.78, 5) is 16.3. The Morgan fingerprint density at radius 1 is 1.10 bits per heavy atom. The monoisotopic (exact) mass is 298 g/mol. The lowest BCUT2D eigenvalue weighted by atomic mass is 10.1. The second-order valence-electron chi connectivity index (χ2n) is 4.42. The van der Waals surface area contributed by atoms with Crippen molar-refractivity contribution in [3.8, 4) is 0 Å². The van der Waals surface area contributed by atoms with E-state index in [1.807, 2.05) is 30.3 Å². The second kappa shape index (κ2) is 5.85. The molecule has 21 heavy (non-hydrogen) atoms. The number of carbonyl (C=O) groups excluding carboxylic acids is 1. The Morgan fingerprint density at radius 2 is 1.95 bits per heavy atom. The van der Waals surface area contributed by atoms with E-state index in [0.29, 0.717) is 6.54 Å². The molecule has 0 spiro atoms. The summed E-state index contributed by atoms with van der Waals surface area (Å²) in [6, 6.07) is 12.8. The number of nitrogens with zero attached hydrogens (tertiary/aromatic N) is 3. The van der Waals surface area contributed by atoms with E-state index < -0.39 is 0 Å². The lowest BCUT2D eigenvalue weighted by Crippen LogP contribution is -2.24. The van der Waals surface area contributed by atoms with Gasteiger partial charge >= 0.3 is 0 Å². The van der Waals surface area contributed by atoms with Gasteiger partial charge in [0.15, 0.2) is 10.8 Å². The van der Waals surface area contributed by atoms with Crippen molar-refractivity contribution in [3.63, 3.8) is 0 Å². The Hall–Kier alpha value is -2.53. The first-order valence-corrected chi connectivity index (χ1v) is 6.72. The van der Waals surface area contributed by atoms with Gasteiger partial charge in [-0.2, -0.15) is 0 Å². The number of fused-ring (bicyclic) bond motifs is 1. The van der Waals surface area contributed by atoms with E-state index in [1.165, 1.54) is 12.1 Å². The summed E-state index contributed by atoms with van der Waals surface area (Å²) in [7, 11) is 0. The van der Waals surface area contributed by atoms with Crippen molar-refractivity contribution in [2.75, 3.05) is 0 Å². The molecule has 3 rings (SSSR count). The van der Waals surface area contributed by atoms with Crippen LogP contribution in [0.3, 0.4) is 0 Å². The van der Waals surface area contributed by atoms with E-state index in [9.17, 15) is 4.79 Å². The molecule has 0 fully saturated rings. The van der Waals surface area contributed by atoms with Crippen LogP contribution < -0.4 is 5.32 Å². The van der Waals surface area contributed by atoms with Crippen LogP contribution in [0, 0.1) is 0 Å². The van der Waals surface area contributed by atoms with Crippen LogP contribution in [-0.2, 0) is 6.54 Å². The zero-order chi connectivity index (χ0) is 14.7. The molecule has 3 aromatic rings. The van der Waals surface area contributed by atoms with Crippen molar-refractivity contribution in [1.82, 2.24) is 20.5 Å². The second-order valence-corrected chi connectivity index (χ2v) is 4.80. The van der Waals surface area contributed by atoms with Crippen molar-refractivity contribution < 1.29 is 4.79 Å². The molecule has 6 heteroatoms. The van der Waals surface area contributed by atoms with E-state index in [-0.39, 0.29) is 16.8 Å². The highest BCUT2D eigenvalue weighted by molar-refractivity contribution is 6.29. The van der Waals surface area contributed by atoms with Crippen molar-refractivity contribution in [3.05, 3.63) is 65.1 Å². The number of hydrogen-bond donors (Lipinski definition) is 1. The Bertz CT molecular complexity index is 784. The van der Waals surface area contributed by atoms with Crippen LogP contribution in [0.1, 0.15) is 16.1 Å². The predicted octanol–water partition coefficient (Wildman–Crippen LogP) is 2.61. The minimum Gasteiger partial charge on any atom is -0.346 e. The molecule has 1 aromatic carbocycles. The summed E-state index contributed by atoms with van der Waals surface area (Å²) in [5, 5.41) is 11.5. The Morgan fingerprint density at radius 3 is 2.76 bits per heavy atom. The third kappa shape index (κ3) is 2.98. The smallest absolute Gasteiger partial charge is 0.272 e. The molecule has 2 aromatic heterocycles. The van der Waals surface area contributed by atoms with Crippen molar-refractivity contribution >= 4 is 28.4 Å². The Balaban J connectivity index is 1.77. The number of nitrogens with one attached hydrogen (secondary N) is 1. The summed E-state index contributed by atoms with van der Waals surface area (Å²) in [5.41, 5.74) is 2.05. The Kier molecular flexibility index (Phi) is 3.75. The van der Waals surface area contributed by atoms with Crippen molar-refractivity contribution in [2.45, 2.75) is 6.54 Å². The van der Waals surface area contributed by atoms with Gasteiger partial charge in [-0.15, -0.1) is 10.2 Å². The normalized spacial score (nSPS) is 10.5. The third-order valence-corrected chi connectivity index (χ3v) is 3.22. The summed E-state index contributed by atoms with van der Waals surface area (Å²) >= 11 is 5.64. The average Bonchev–Trinajstić information content (AvgIpc) is 2.53. The van der Waals surface area contributed by atoms with Crippen molar-refractivity contribution in [2.24, 2.45) is 0 Å². The maximum Gasteiger partial charge on any atom is 0.272 e. The molecule has 104 valence electrons. The zero-order valence-electron chi connectivity index (χ0n) is 11.0. The highest BCUT2D eigenvalue weighted by Crippen LogP contribution is 2.15. The number of carbonyl (C=O) groups is 1. The molecule has 0 radical (unpaired) electrons. The molecule has 2 heterocycles. The summed E-state index contributed by atoms with van der Waals surface area (Å²) < 4.78 is 0. The van der Waals surface area contributed by atoms with Gasteiger partial charge in [-0.05, 0) is 23.8 Å². The van der Waals surface area contributed by atoms with Gasteiger partial charge in [0.25, 0.3) is 5.91 Å². The van der Waals surface area contributed by atoms with Crippen LogP contribution >= 0.6 is 11.6 Å². The molecule has 1 N–H and O–H groups in total. The number of hydrogen-bond acceptors (Lipinski definition) is 4. The first kappa shape index (κ1) is 13.5. The largest absolute Gasteiger partial charge is 0.346 e. The maximum absolute atomic E-state index is 12.0. The van der Waals surface area contributed by atoms with Crippen LogP contribution in [0.5, 0.6) is 0 Å². The van der Waals surface area contributed by atoms with Crippen LogP contribution in [-0.4, -0.2) is 21.1 Å². The molecule has 0 aliphatic rings. The van der Waals surface area contributed by atoms with Gasteiger partial charge in [0.1, 0.15) is 0 Å². The fourth-order valence-electron chi connectivity index (χ4n) is 2.01. The van der Waals surface area contributed by atoms with Gasteiger partial charge < -0.3 is 5.32 Å². The molecule has 1 amide bonds. The van der Waals surface area contributed by atoms with Gasteiger partial charge in [0, 0.05) is 18.1 Å². The number of halogens is 1. The minimum atomic E-state index is -0.299. The standard InChI is InChI=1S/C15H11ClN4O/c16-13-7-6-12(19-20-13)15(21)18-9-11-4-1-3-10-5-2-8-17-14(10)11/h1-8H,9H2,(H,18,21). The maximum atomic E-state index is 12.0. The zero-order valence-corrected chi connectivity index (χ0v) is 11.7. The summed E-state index contributed by atoms with van der Waals surface area (Å²) in [6.45, 7) is 0.373. The highest BCUT2D eigenvalue weighted by atomic mass is 35.5. The number of rotatable bonds is 3. The third-order valence-electron chi connectivity index (χ3n) is 3.02. The first-order valence-electron chi connectivity index (χ1n) is 6.34. The molecular formula is C15H11ClN4O. The molecule has 5 nitrogen and oxygen atoms in total. The molecule has 0 atom stereocenters. The van der Waals surface area contributed by atoms with Crippen LogP contribution in [0.15, 0.2) is 48.7 Å².